The van der Waals surface area contributed by atoms with E-state index in [0.717, 1.165) is 10.2 Å². The number of pyridine rings is 1. The van der Waals surface area contributed by atoms with Crippen LogP contribution in [0.4, 0.5) is 0 Å². The Morgan fingerprint density at radius 1 is 1.29 bits per heavy atom. The molecule has 0 spiro atoms. The van der Waals surface area contributed by atoms with E-state index in [1.54, 1.807) is 0 Å². The SMILES string of the molecule is CC(C)C(c1ncccc1Br)C(C)Br. The molecular formula is C11H15Br2N. The number of alkyl halides is 1. The van der Waals surface area contributed by atoms with Crippen molar-refractivity contribution in [3.63, 3.8) is 0 Å². The van der Waals surface area contributed by atoms with Gasteiger partial charge in [0.15, 0.2) is 0 Å². The number of nitrogens with zero attached hydrogens (tertiary/aromatic N) is 1. The zero-order valence-electron chi connectivity index (χ0n) is 8.67. The summed E-state index contributed by atoms with van der Waals surface area (Å²) in [5.74, 6) is 1.03. The quantitative estimate of drug-likeness (QED) is 0.754. The average molecular weight is 321 g/mol. The van der Waals surface area contributed by atoms with E-state index >= 15 is 0 Å². The summed E-state index contributed by atoms with van der Waals surface area (Å²) in [6.07, 6.45) is 1.85. The molecule has 0 saturated carbocycles. The Balaban J connectivity index is 3.05. The summed E-state index contributed by atoms with van der Waals surface area (Å²) in [6.45, 7) is 6.62. The van der Waals surface area contributed by atoms with Crippen LogP contribution in [0.15, 0.2) is 22.8 Å². The summed E-state index contributed by atoms with van der Waals surface area (Å²) in [5.41, 5.74) is 1.15. The maximum absolute atomic E-state index is 4.44. The minimum atomic E-state index is 0.439. The summed E-state index contributed by atoms with van der Waals surface area (Å²) >= 11 is 7.20. The molecule has 0 saturated heterocycles. The van der Waals surface area contributed by atoms with Gasteiger partial charge in [0.05, 0.1) is 5.69 Å². The van der Waals surface area contributed by atoms with Crippen LogP contribution in [-0.2, 0) is 0 Å². The Bertz CT molecular complexity index is 289. The maximum Gasteiger partial charge on any atom is 0.0589 e. The van der Waals surface area contributed by atoms with Crippen molar-refractivity contribution in [3.05, 3.63) is 28.5 Å². The smallest absolute Gasteiger partial charge is 0.0589 e. The molecule has 0 aliphatic carbocycles. The van der Waals surface area contributed by atoms with E-state index in [1.165, 1.54) is 0 Å². The van der Waals surface area contributed by atoms with Crippen LogP contribution in [0, 0.1) is 5.92 Å². The Labute approximate surface area is 103 Å². The van der Waals surface area contributed by atoms with Gasteiger partial charge < -0.3 is 0 Å². The van der Waals surface area contributed by atoms with Crippen molar-refractivity contribution in [1.82, 2.24) is 4.98 Å². The molecule has 2 unspecified atom stereocenters. The van der Waals surface area contributed by atoms with Crippen molar-refractivity contribution in [1.29, 1.82) is 0 Å². The lowest BCUT2D eigenvalue weighted by molar-refractivity contribution is 0.486. The van der Waals surface area contributed by atoms with Gasteiger partial charge in [0.2, 0.25) is 0 Å². The number of aromatic nitrogens is 1. The number of hydrogen-bond acceptors (Lipinski definition) is 1. The first-order valence-corrected chi connectivity index (χ1v) is 6.49. The van der Waals surface area contributed by atoms with E-state index in [9.17, 15) is 0 Å². The van der Waals surface area contributed by atoms with Gasteiger partial charge >= 0.3 is 0 Å². The molecule has 1 aromatic heterocycles. The molecule has 1 nitrogen and oxygen atoms in total. The monoisotopic (exact) mass is 319 g/mol. The second kappa shape index (κ2) is 5.26. The minimum Gasteiger partial charge on any atom is -0.260 e. The molecule has 0 aromatic carbocycles. The van der Waals surface area contributed by atoms with Crippen LogP contribution >= 0.6 is 31.9 Å². The third kappa shape index (κ3) is 2.80. The molecule has 0 amide bonds. The lowest BCUT2D eigenvalue weighted by Gasteiger charge is -2.23. The predicted molar refractivity (Wildman–Crippen MR) is 67.9 cm³/mol. The van der Waals surface area contributed by atoms with Crippen molar-refractivity contribution in [3.8, 4) is 0 Å². The van der Waals surface area contributed by atoms with Crippen LogP contribution in [0.2, 0.25) is 0 Å². The average Bonchev–Trinajstić information content (AvgIpc) is 2.07. The summed E-state index contributed by atoms with van der Waals surface area (Å²) in [7, 11) is 0. The predicted octanol–water partition coefficient (Wildman–Crippen LogP) is 4.37. The zero-order valence-corrected chi connectivity index (χ0v) is 11.8. The van der Waals surface area contributed by atoms with E-state index in [4.69, 9.17) is 0 Å². The Morgan fingerprint density at radius 2 is 1.93 bits per heavy atom. The van der Waals surface area contributed by atoms with Crippen LogP contribution in [0.5, 0.6) is 0 Å². The van der Waals surface area contributed by atoms with Gasteiger partial charge in [-0.25, -0.2) is 0 Å². The molecule has 0 bridgehead atoms. The van der Waals surface area contributed by atoms with Crippen molar-refractivity contribution < 1.29 is 0 Å². The molecule has 1 heterocycles. The Kier molecular flexibility index (Phi) is 4.58. The van der Waals surface area contributed by atoms with Crippen LogP contribution in [0.25, 0.3) is 0 Å². The highest BCUT2D eigenvalue weighted by Crippen LogP contribution is 2.34. The van der Waals surface area contributed by atoms with Gasteiger partial charge in [-0.1, -0.05) is 36.7 Å². The molecule has 1 aromatic rings. The van der Waals surface area contributed by atoms with Crippen molar-refractivity contribution in [2.24, 2.45) is 5.92 Å². The summed E-state index contributed by atoms with van der Waals surface area (Å²) in [6, 6.07) is 4.00. The molecule has 3 heteroatoms. The molecule has 0 fully saturated rings. The normalized spacial score (nSPS) is 15.6. The first-order valence-electron chi connectivity index (χ1n) is 4.78. The summed E-state index contributed by atoms with van der Waals surface area (Å²) in [4.78, 5) is 4.88. The van der Waals surface area contributed by atoms with E-state index in [1.807, 2.05) is 18.3 Å². The van der Waals surface area contributed by atoms with Gasteiger partial charge in [-0.3, -0.25) is 4.98 Å². The minimum absolute atomic E-state index is 0.439. The van der Waals surface area contributed by atoms with Crippen LogP contribution in [0.3, 0.4) is 0 Å². The third-order valence-corrected chi connectivity index (χ3v) is 3.56. The summed E-state index contributed by atoms with van der Waals surface area (Å²) < 4.78 is 1.10. The zero-order chi connectivity index (χ0) is 10.7. The lowest BCUT2D eigenvalue weighted by Crippen LogP contribution is -2.17. The van der Waals surface area contributed by atoms with E-state index in [-0.39, 0.29) is 0 Å². The van der Waals surface area contributed by atoms with Crippen LogP contribution in [0.1, 0.15) is 32.4 Å². The van der Waals surface area contributed by atoms with Gasteiger partial charge in [-0.15, -0.1) is 0 Å². The fraction of sp³-hybridized carbons (Fsp3) is 0.545. The molecule has 0 aliphatic rings. The third-order valence-electron chi connectivity index (χ3n) is 2.32. The highest BCUT2D eigenvalue weighted by molar-refractivity contribution is 9.10. The van der Waals surface area contributed by atoms with E-state index in [2.05, 4.69) is 57.6 Å². The first kappa shape index (κ1) is 12.2. The van der Waals surface area contributed by atoms with E-state index in [0.29, 0.717) is 16.7 Å². The highest BCUT2D eigenvalue weighted by atomic mass is 79.9. The molecule has 1 rings (SSSR count). The summed E-state index contributed by atoms with van der Waals surface area (Å²) in [5, 5.41) is 0. The molecule has 14 heavy (non-hydrogen) atoms. The van der Waals surface area contributed by atoms with Crippen LogP contribution in [-0.4, -0.2) is 9.81 Å². The van der Waals surface area contributed by atoms with Gasteiger partial charge in [0.1, 0.15) is 0 Å². The standard InChI is InChI=1S/C11H15Br2N/c1-7(2)10(8(3)12)11-9(13)5-4-6-14-11/h4-8,10H,1-3H3. The van der Waals surface area contributed by atoms with Crippen LogP contribution < -0.4 is 0 Å². The fourth-order valence-corrected chi connectivity index (χ4v) is 3.09. The van der Waals surface area contributed by atoms with Gasteiger partial charge in [0, 0.05) is 21.4 Å². The topological polar surface area (TPSA) is 12.9 Å². The maximum atomic E-state index is 4.44. The molecule has 2 atom stereocenters. The second-order valence-corrected chi connectivity index (χ2v) is 6.12. The largest absolute Gasteiger partial charge is 0.260 e. The highest BCUT2D eigenvalue weighted by Gasteiger charge is 2.23. The van der Waals surface area contributed by atoms with E-state index < -0.39 is 0 Å². The van der Waals surface area contributed by atoms with Gasteiger partial charge in [-0.05, 0) is 34.0 Å². The van der Waals surface area contributed by atoms with Gasteiger partial charge in [0.25, 0.3) is 0 Å². The Hall–Kier alpha value is 0.110. The first-order chi connectivity index (χ1) is 6.54. The molecule has 0 radical (unpaired) electrons. The fourth-order valence-electron chi connectivity index (χ4n) is 1.71. The van der Waals surface area contributed by atoms with Gasteiger partial charge in [-0.2, -0.15) is 0 Å². The number of halogens is 2. The molecular weight excluding hydrogens is 306 g/mol. The number of hydrogen-bond donors (Lipinski definition) is 0. The molecule has 0 aliphatic heterocycles. The molecule has 0 N–H and O–H groups in total. The van der Waals surface area contributed by atoms with Crippen molar-refractivity contribution in [2.75, 3.05) is 0 Å². The molecule has 78 valence electrons. The van der Waals surface area contributed by atoms with Crippen molar-refractivity contribution in [2.45, 2.75) is 31.5 Å². The Morgan fingerprint density at radius 3 is 2.36 bits per heavy atom. The second-order valence-electron chi connectivity index (χ2n) is 3.82. The van der Waals surface area contributed by atoms with Crippen molar-refractivity contribution >= 4 is 31.9 Å². The number of rotatable bonds is 3. The lowest BCUT2D eigenvalue weighted by atomic mass is 9.90.